The summed E-state index contributed by atoms with van der Waals surface area (Å²) in [6, 6.07) is 26.4. The van der Waals surface area contributed by atoms with Crippen molar-refractivity contribution < 1.29 is 81.8 Å². The molecule has 0 saturated carbocycles. The zero-order valence-electron chi connectivity index (χ0n) is 42.4. The lowest BCUT2D eigenvalue weighted by Crippen LogP contribution is -2.08. The molecule has 0 atom stereocenters. The number of hydrogen-bond acceptors (Lipinski definition) is 25. The summed E-state index contributed by atoms with van der Waals surface area (Å²) in [7, 11) is -19.2. The highest BCUT2D eigenvalue weighted by molar-refractivity contribution is 7.86. The molecule has 0 spiro atoms. The number of carbonyl (C=O) groups is 1. The monoisotopic (exact) mass is 1220 g/mol. The first kappa shape index (κ1) is 58.5. The van der Waals surface area contributed by atoms with Crippen LogP contribution in [-0.4, -0.2) is 100 Å². The van der Waals surface area contributed by atoms with Gasteiger partial charge in [-0.1, -0.05) is 18.2 Å². The molecule has 34 heteroatoms. The molecule has 430 valence electrons. The average Bonchev–Trinajstić information content (AvgIpc) is 0.913. The topological polar surface area (TPSA) is 474 Å². The third-order valence-corrected chi connectivity index (χ3v) is 15.2. The summed E-state index contributed by atoms with van der Waals surface area (Å²) in [5.74, 6) is -4.43. The van der Waals surface area contributed by atoms with Gasteiger partial charge in [0.2, 0.25) is 17.8 Å². The average molecular weight is 1220 g/mol. The maximum Gasteiger partial charge on any atom is 0.339 e. The summed E-state index contributed by atoms with van der Waals surface area (Å²) in [5.41, 5.74) is -0.782. The van der Waals surface area contributed by atoms with E-state index in [-0.39, 0.29) is 62.6 Å². The van der Waals surface area contributed by atoms with Crippen LogP contribution in [-0.2, 0) is 40.5 Å². The molecule has 0 aliphatic heterocycles. The Morgan fingerprint density at radius 3 is 1.61 bits per heavy atom. The van der Waals surface area contributed by atoms with Crippen molar-refractivity contribution in [2.75, 3.05) is 23.1 Å². The van der Waals surface area contributed by atoms with E-state index in [1.54, 1.807) is 42.5 Å². The van der Waals surface area contributed by atoms with Crippen molar-refractivity contribution >= 4 is 137 Å². The smallest absolute Gasteiger partial charge is 0.339 e. The fourth-order valence-corrected chi connectivity index (χ4v) is 10.2. The highest BCUT2D eigenvalue weighted by Crippen LogP contribution is 2.47. The first-order chi connectivity index (χ1) is 39.5. The van der Waals surface area contributed by atoms with Crippen LogP contribution in [0, 0.1) is 6.92 Å². The maximum atomic E-state index is 13.0. The van der Waals surface area contributed by atoms with Crippen LogP contribution in [0.5, 0.6) is 23.0 Å². The largest absolute Gasteiger partial charge is 0.507 e. The Morgan fingerprint density at radius 1 is 0.500 bits per heavy atom. The molecule has 1 heterocycles. The number of anilines is 6. The van der Waals surface area contributed by atoms with Gasteiger partial charge < -0.3 is 41.1 Å². The summed E-state index contributed by atoms with van der Waals surface area (Å²) >= 11 is 0. The van der Waals surface area contributed by atoms with E-state index in [1.165, 1.54) is 44.4 Å². The molecule has 1 aromatic heterocycles. The van der Waals surface area contributed by atoms with Crippen LogP contribution in [0.2, 0.25) is 0 Å². The van der Waals surface area contributed by atoms with Gasteiger partial charge in [-0.3, -0.25) is 18.2 Å². The number of nitrogens with zero attached hydrogens (tertiary/aromatic N) is 9. The molecular weight excluding hydrogens is 1180 g/mol. The molecule has 11 N–H and O–H groups in total. The number of carboxylic acids is 1. The van der Waals surface area contributed by atoms with Crippen molar-refractivity contribution in [3.63, 3.8) is 0 Å². The molecule has 0 amide bonds. The van der Waals surface area contributed by atoms with Crippen molar-refractivity contribution in [2.24, 2.45) is 30.7 Å². The van der Waals surface area contributed by atoms with Crippen LogP contribution in [0.4, 0.5) is 69.0 Å². The minimum absolute atomic E-state index is 0.0230. The van der Waals surface area contributed by atoms with E-state index in [2.05, 4.69) is 61.6 Å². The van der Waals surface area contributed by atoms with Crippen molar-refractivity contribution in [3.8, 4) is 23.0 Å². The third kappa shape index (κ3) is 13.1. The fraction of sp³-hybridized carbons (Fsp3) is 0.0400. The Balaban J connectivity index is 1.10. The van der Waals surface area contributed by atoms with E-state index in [0.29, 0.717) is 23.1 Å². The van der Waals surface area contributed by atoms with E-state index in [9.17, 15) is 77.1 Å². The number of phenolic OH excluding ortho intramolecular Hbond substituents is 2. The number of ether oxygens (including phenoxy) is 1. The molecule has 0 bridgehead atoms. The Morgan fingerprint density at radius 2 is 1.02 bits per heavy atom. The fourth-order valence-electron chi connectivity index (χ4n) is 7.95. The van der Waals surface area contributed by atoms with Gasteiger partial charge in [-0.05, 0) is 120 Å². The first-order valence-electron chi connectivity index (χ1n) is 23.3. The molecule has 84 heavy (non-hydrogen) atoms. The molecule has 9 rings (SSSR count). The Bertz CT molecular complexity index is 4760. The SMILES string of the molecule is COc1cc(N=Nc2cc(S(=O)(=O)O)cc3cc(S(=O)(=O)O)cc(O)c23)c(C)cc1N=Nc1c(S(=O)(=O)O)cc2cc(S(=O)(=O)O)cc(Nc3nc(Nc4ccccc4)nc(Nc4ccc(N=Nc5ccc(O)c(C(=O)O)c5)cc4)n3)c2c1O. The van der Waals surface area contributed by atoms with E-state index in [1.807, 2.05) is 0 Å². The van der Waals surface area contributed by atoms with Gasteiger partial charge in [-0.15, -0.1) is 15.3 Å². The molecule has 0 unspecified atom stereocenters. The van der Waals surface area contributed by atoms with E-state index >= 15 is 0 Å². The number of para-hydroxylation sites is 1. The number of rotatable bonds is 18. The second kappa shape index (κ2) is 22.6. The highest BCUT2D eigenvalue weighted by Gasteiger charge is 2.27. The van der Waals surface area contributed by atoms with Crippen molar-refractivity contribution in [1.29, 1.82) is 0 Å². The Kier molecular flexibility index (Phi) is 15.7. The minimum Gasteiger partial charge on any atom is -0.507 e. The number of carboxylic acid groups (broad SMARTS) is 1. The van der Waals surface area contributed by atoms with Gasteiger partial charge in [0.1, 0.15) is 39.1 Å². The number of aromatic hydroxyl groups is 3. The normalized spacial score (nSPS) is 12.4. The molecular formula is C50H38N12O18S4. The number of aromatic carboxylic acids is 1. The predicted molar refractivity (Wildman–Crippen MR) is 298 cm³/mol. The number of aryl methyl sites for hydroxylation is 1. The molecule has 8 aromatic carbocycles. The molecule has 0 aliphatic rings. The predicted octanol–water partition coefficient (Wildman–Crippen LogP) is 10.8. The number of fused-ring (bicyclic) bond motifs is 2. The molecule has 0 saturated heterocycles. The number of nitrogens with one attached hydrogen (secondary N) is 3. The number of benzene rings is 8. The second-order valence-corrected chi connectivity index (χ2v) is 23.2. The lowest BCUT2D eigenvalue weighted by molar-refractivity contribution is 0.0693. The summed E-state index contributed by atoms with van der Waals surface area (Å²) in [6.45, 7) is 1.47. The number of methoxy groups -OCH3 is 1. The van der Waals surface area contributed by atoms with Gasteiger partial charge in [-0.25, -0.2) is 4.79 Å². The summed E-state index contributed by atoms with van der Waals surface area (Å²) < 4.78 is 145. The van der Waals surface area contributed by atoms with Gasteiger partial charge in [0, 0.05) is 28.9 Å². The van der Waals surface area contributed by atoms with Crippen LogP contribution >= 0.6 is 0 Å². The Hall–Kier alpha value is -10.2. The van der Waals surface area contributed by atoms with Gasteiger partial charge >= 0.3 is 5.97 Å². The maximum absolute atomic E-state index is 13.0. The molecule has 0 aliphatic carbocycles. The third-order valence-electron chi connectivity index (χ3n) is 11.8. The standard InChI is InChI=1S/C50H38N12O18S4/c1-24-14-36(41(80-2)23-35(24)59-61-38-21-32(82(71,72)73)15-25-16-33(83(74,75)76)22-40(64)43(25)38)60-62-45-42(84(77,78)79)18-26-17-31(81(68,69)70)20-37(44(26)46(45)65)53-50-55-48(51-27-6-4-3-5-7-27)54-49(56-50)52-28-8-10-29(11-9-28)57-58-30-12-13-39(63)34(19-30)47(66)67/h3-23,63-65H,1-2H3,(H,66,67)(H,68,69,70)(H,71,72,73)(H,74,75,76)(H,77,78,79)(H3,51,52,53,54,55,56). The van der Waals surface area contributed by atoms with Crippen molar-refractivity contribution in [1.82, 2.24) is 15.0 Å². The summed E-state index contributed by atoms with van der Waals surface area (Å²) in [5, 5.41) is 73.8. The molecule has 0 radical (unpaired) electrons. The van der Waals surface area contributed by atoms with Crippen LogP contribution < -0.4 is 20.7 Å². The van der Waals surface area contributed by atoms with E-state index in [4.69, 9.17) is 4.74 Å². The van der Waals surface area contributed by atoms with E-state index in [0.717, 1.165) is 48.5 Å². The van der Waals surface area contributed by atoms with Crippen molar-refractivity contribution in [3.05, 3.63) is 139 Å². The number of phenols is 3. The first-order valence-corrected chi connectivity index (χ1v) is 29.1. The van der Waals surface area contributed by atoms with Crippen LogP contribution in [0.1, 0.15) is 15.9 Å². The van der Waals surface area contributed by atoms with Crippen LogP contribution in [0.15, 0.2) is 178 Å². The number of aromatic nitrogens is 3. The van der Waals surface area contributed by atoms with Crippen LogP contribution in [0.3, 0.4) is 0 Å². The summed E-state index contributed by atoms with van der Waals surface area (Å²) in [4.78, 5) is 21.2. The van der Waals surface area contributed by atoms with Gasteiger partial charge in [-0.2, -0.15) is 64.0 Å². The highest BCUT2D eigenvalue weighted by atomic mass is 32.2. The molecule has 30 nitrogen and oxygen atoms in total. The van der Waals surface area contributed by atoms with Gasteiger partial charge in [0.25, 0.3) is 40.5 Å². The van der Waals surface area contributed by atoms with Gasteiger partial charge in [0.05, 0.1) is 55.6 Å². The zero-order valence-corrected chi connectivity index (χ0v) is 45.7. The second-order valence-electron chi connectivity index (χ2n) is 17.5. The summed E-state index contributed by atoms with van der Waals surface area (Å²) in [6.07, 6.45) is 0. The lowest BCUT2D eigenvalue weighted by atomic mass is 10.1. The number of hydrogen-bond donors (Lipinski definition) is 11. The van der Waals surface area contributed by atoms with E-state index < -0.39 is 111 Å². The van der Waals surface area contributed by atoms with Gasteiger partial charge in [0.15, 0.2) is 5.75 Å². The Labute approximate surface area is 473 Å². The number of azo groups is 3. The quantitative estimate of drug-likeness (QED) is 0.0281. The zero-order chi connectivity index (χ0) is 60.6. The lowest BCUT2D eigenvalue weighted by Gasteiger charge is -2.16. The van der Waals surface area contributed by atoms with Crippen molar-refractivity contribution in [2.45, 2.75) is 26.5 Å². The molecule has 9 aromatic rings. The van der Waals surface area contributed by atoms with Crippen LogP contribution in [0.25, 0.3) is 21.5 Å². The minimum atomic E-state index is -5.38. The molecule has 0 fully saturated rings.